The highest BCUT2D eigenvalue weighted by Crippen LogP contribution is 2.32. The van der Waals surface area contributed by atoms with E-state index in [1.807, 2.05) is 42.5 Å². The second-order valence-corrected chi connectivity index (χ2v) is 7.66. The Bertz CT molecular complexity index is 893. The van der Waals surface area contributed by atoms with E-state index in [1.54, 1.807) is 0 Å². The third kappa shape index (κ3) is 2.84. The third-order valence-electron chi connectivity index (χ3n) is 3.89. The number of thiazole rings is 1. The quantitative estimate of drug-likeness (QED) is 0.711. The second kappa shape index (κ2) is 5.94. The number of rotatable bonds is 2. The van der Waals surface area contributed by atoms with Crippen LogP contribution in [0.5, 0.6) is 5.75 Å². The molecule has 0 saturated heterocycles. The fraction of sp³-hybridized carbons (Fsp3) is 0.176. The molecule has 0 radical (unpaired) electrons. The van der Waals surface area contributed by atoms with Gasteiger partial charge in [-0.1, -0.05) is 18.2 Å². The van der Waals surface area contributed by atoms with Crippen molar-refractivity contribution in [2.24, 2.45) is 0 Å². The minimum absolute atomic E-state index is 0.0173. The summed E-state index contributed by atoms with van der Waals surface area (Å²) in [6, 6.07) is 13.4. The van der Waals surface area contributed by atoms with Crippen molar-refractivity contribution in [2.75, 3.05) is 6.61 Å². The fourth-order valence-corrected chi connectivity index (χ4v) is 4.22. The predicted molar refractivity (Wildman–Crippen MR) is 94.1 cm³/mol. The fourth-order valence-electron chi connectivity index (χ4n) is 2.77. The molecular weight excluding hydrogens is 376 g/mol. The zero-order valence-corrected chi connectivity index (χ0v) is 14.5. The van der Waals surface area contributed by atoms with Gasteiger partial charge in [0.1, 0.15) is 5.75 Å². The standard InChI is InChI=1S/C17H13BrN2O2S/c18-17-20-13-6-5-10(9-15(13)23-17)16(21)19-12-7-8-22-14-4-2-1-3-11(12)14/h1-6,9,12H,7-8H2,(H,19,21)/t12-/m0/s1. The van der Waals surface area contributed by atoms with Gasteiger partial charge < -0.3 is 10.1 Å². The van der Waals surface area contributed by atoms with Gasteiger partial charge in [0.25, 0.3) is 5.91 Å². The molecule has 1 atom stereocenters. The van der Waals surface area contributed by atoms with Gasteiger partial charge in [-0.3, -0.25) is 4.79 Å². The van der Waals surface area contributed by atoms with E-state index >= 15 is 0 Å². The summed E-state index contributed by atoms with van der Waals surface area (Å²) >= 11 is 4.90. The van der Waals surface area contributed by atoms with Crippen LogP contribution in [-0.2, 0) is 0 Å². The summed E-state index contributed by atoms with van der Waals surface area (Å²) in [6.45, 7) is 0.614. The average molecular weight is 389 g/mol. The van der Waals surface area contributed by atoms with E-state index in [9.17, 15) is 4.79 Å². The highest BCUT2D eigenvalue weighted by atomic mass is 79.9. The Morgan fingerprint density at radius 3 is 3.09 bits per heavy atom. The zero-order valence-electron chi connectivity index (χ0n) is 12.1. The molecule has 0 saturated carbocycles. The Kier molecular flexibility index (Phi) is 3.79. The number of hydrogen-bond donors (Lipinski definition) is 1. The topological polar surface area (TPSA) is 51.2 Å². The molecule has 1 amide bonds. The van der Waals surface area contributed by atoms with E-state index in [0.29, 0.717) is 12.2 Å². The minimum atomic E-state index is -0.0712. The summed E-state index contributed by atoms with van der Waals surface area (Å²) < 4.78 is 7.46. The number of aromatic nitrogens is 1. The number of carbonyl (C=O) groups is 1. The van der Waals surface area contributed by atoms with Crippen molar-refractivity contribution in [3.63, 3.8) is 0 Å². The van der Waals surface area contributed by atoms with E-state index in [4.69, 9.17) is 4.74 Å². The third-order valence-corrected chi connectivity index (χ3v) is 5.36. The normalized spacial score (nSPS) is 16.7. The summed E-state index contributed by atoms with van der Waals surface area (Å²) in [5, 5.41) is 3.12. The Balaban J connectivity index is 1.60. The lowest BCUT2D eigenvalue weighted by molar-refractivity contribution is 0.0925. The van der Waals surface area contributed by atoms with Crippen molar-refractivity contribution >= 4 is 43.4 Å². The van der Waals surface area contributed by atoms with Crippen molar-refractivity contribution in [3.8, 4) is 5.75 Å². The molecule has 0 spiro atoms. The summed E-state index contributed by atoms with van der Waals surface area (Å²) in [5.41, 5.74) is 2.58. The summed E-state index contributed by atoms with van der Waals surface area (Å²) in [7, 11) is 0. The average Bonchev–Trinajstić information content (AvgIpc) is 2.94. The number of benzene rings is 2. The highest BCUT2D eigenvalue weighted by molar-refractivity contribution is 9.11. The summed E-state index contributed by atoms with van der Waals surface area (Å²) in [6.07, 6.45) is 0.775. The lowest BCUT2D eigenvalue weighted by atomic mass is 10.00. The van der Waals surface area contributed by atoms with Crippen LogP contribution in [0.4, 0.5) is 0 Å². The largest absolute Gasteiger partial charge is 0.493 e. The predicted octanol–water partition coefficient (Wildman–Crippen LogP) is 4.31. The Labute approximate surface area is 145 Å². The van der Waals surface area contributed by atoms with Gasteiger partial charge >= 0.3 is 0 Å². The van der Waals surface area contributed by atoms with Gasteiger partial charge in [0, 0.05) is 17.5 Å². The van der Waals surface area contributed by atoms with Crippen molar-refractivity contribution in [2.45, 2.75) is 12.5 Å². The molecule has 0 unspecified atom stereocenters. The number of fused-ring (bicyclic) bond motifs is 2. The van der Waals surface area contributed by atoms with Gasteiger partial charge in [-0.2, -0.15) is 0 Å². The van der Waals surface area contributed by atoms with Crippen LogP contribution in [0.25, 0.3) is 10.2 Å². The summed E-state index contributed by atoms with van der Waals surface area (Å²) in [5.74, 6) is 0.781. The molecule has 6 heteroatoms. The van der Waals surface area contributed by atoms with Gasteiger partial charge in [-0.25, -0.2) is 4.98 Å². The van der Waals surface area contributed by atoms with Crippen molar-refractivity contribution in [1.82, 2.24) is 10.3 Å². The van der Waals surface area contributed by atoms with E-state index < -0.39 is 0 Å². The number of nitrogens with one attached hydrogen (secondary N) is 1. The van der Waals surface area contributed by atoms with Crippen LogP contribution in [0.3, 0.4) is 0 Å². The smallest absolute Gasteiger partial charge is 0.251 e. The zero-order chi connectivity index (χ0) is 15.8. The number of para-hydroxylation sites is 1. The molecule has 0 aliphatic carbocycles. The number of amides is 1. The molecule has 4 nitrogen and oxygen atoms in total. The number of halogens is 1. The molecule has 1 N–H and O–H groups in total. The molecule has 2 heterocycles. The maximum Gasteiger partial charge on any atom is 0.251 e. The van der Waals surface area contributed by atoms with Crippen LogP contribution in [0, 0.1) is 0 Å². The Morgan fingerprint density at radius 1 is 1.30 bits per heavy atom. The molecule has 1 aromatic heterocycles. The van der Waals surface area contributed by atoms with Gasteiger partial charge in [-0.05, 0) is 40.2 Å². The van der Waals surface area contributed by atoms with Gasteiger partial charge in [0.05, 0.1) is 22.9 Å². The van der Waals surface area contributed by atoms with E-state index in [-0.39, 0.29) is 11.9 Å². The maximum atomic E-state index is 12.6. The molecule has 1 aliphatic rings. The maximum absolute atomic E-state index is 12.6. The van der Waals surface area contributed by atoms with E-state index in [1.165, 1.54) is 11.3 Å². The van der Waals surface area contributed by atoms with Gasteiger partial charge in [0.2, 0.25) is 0 Å². The molecular formula is C17H13BrN2O2S. The Morgan fingerprint density at radius 2 is 2.17 bits per heavy atom. The molecule has 23 heavy (non-hydrogen) atoms. The van der Waals surface area contributed by atoms with Crippen LogP contribution in [-0.4, -0.2) is 17.5 Å². The first-order valence-electron chi connectivity index (χ1n) is 7.29. The lowest BCUT2D eigenvalue weighted by Crippen LogP contribution is -2.32. The molecule has 116 valence electrons. The number of nitrogens with zero attached hydrogens (tertiary/aromatic N) is 1. The Hall–Kier alpha value is -1.92. The molecule has 0 fully saturated rings. The SMILES string of the molecule is O=C(N[C@H]1CCOc2ccccc21)c1ccc2nc(Br)sc2c1. The molecule has 1 aliphatic heterocycles. The van der Waals surface area contributed by atoms with Crippen LogP contribution in [0.2, 0.25) is 0 Å². The summed E-state index contributed by atoms with van der Waals surface area (Å²) in [4.78, 5) is 16.9. The number of ether oxygens (including phenoxy) is 1. The first-order chi connectivity index (χ1) is 11.2. The molecule has 4 rings (SSSR count). The molecule has 3 aromatic rings. The van der Waals surface area contributed by atoms with Crippen LogP contribution in [0.1, 0.15) is 28.4 Å². The van der Waals surface area contributed by atoms with E-state index in [0.717, 1.165) is 31.9 Å². The van der Waals surface area contributed by atoms with Crippen LogP contribution < -0.4 is 10.1 Å². The first-order valence-corrected chi connectivity index (χ1v) is 8.90. The highest BCUT2D eigenvalue weighted by Gasteiger charge is 2.23. The van der Waals surface area contributed by atoms with Crippen molar-refractivity contribution in [1.29, 1.82) is 0 Å². The lowest BCUT2D eigenvalue weighted by Gasteiger charge is -2.26. The number of carbonyl (C=O) groups excluding carboxylic acids is 1. The van der Waals surface area contributed by atoms with Crippen LogP contribution >= 0.6 is 27.3 Å². The minimum Gasteiger partial charge on any atom is -0.493 e. The van der Waals surface area contributed by atoms with Crippen molar-refractivity contribution < 1.29 is 9.53 Å². The molecule has 0 bridgehead atoms. The van der Waals surface area contributed by atoms with Gasteiger partial charge in [-0.15, -0.1) is 11.3 Å². The van der Waals surface area contributed by atoms with E-state index in [2.05, 4.69) is 26.2 Å². The van der Waals surface area contributed by atoms with Gasteiger partial charge in [0.15, 0.2) is 3.92 Å². The molecule has 2 aromatic carbocycles. The number of hydrogen-bond acceptors (Lipinski definition) is 4. The first kappa shape index (κ1) is 14.7. The monoisotopic (exact) mass is 388 g/mol. The van der Waals surface area contributed by atoms with Crippen LogP contribution in [0.15, 0.2) is 46.4 Å². The van der Waals surface area contributed by atoms with Crippen molar-refractivity contribution in [3.05, 3.63) is 57.5 Å². The second-order valence-electron chi connectivity index (χ2n) is 5.35.